The van der Waals surface area contributed by atoms with Gasteiger partial charge in [-0.2, -0.15) is 0 Å². The van der Waals surface area contributed by atoms with Gasteiger partial charge in [-0.25, -0.2) is 0 Å². The number of amides is 1. The number of fused-ring (bicyclic) bond motifs is 1. The lowest BCUT2D eigenvalue weighted by molar-refractivity contribution is -0.136. The van der Waals surface area contributed by atoms with Crippen molar-refractivity contribution in [3.05, 3.63) is 65.2 Å². The van der Waals surface area contributed by atoms with Gasteiger partial charge < -0.3 is 5.11 Å². The van der Waals surface area contributed by atoms with Crippen LogP contribution in [0.15, 0.2) is 48.5 Å². The molecule has 2 atom stereocenters. The zero-order valence-corrected chi connectivity index (χ0v) is 17.1. The van der Waals surface area contributed by atoms with Crippen molar-refractivity contribution in [1.29, 1.82) is 0 Å². The van der Waals surface area contributed by atoms with Crippen LogP contribution in [0.5, 0.6) is 0 Å². The van der Waals surface area contributed by atoms with E-state index in [-0.39, 0.29) is 12.2 Å². The number of hydrogen-bond donors (Lipinski definition) is 1. The van der Waals surface area contributed by atoms with Gasteiger partial charge in [-0.1, -0.05) is 54.4 Å². The molecular weight excluding hydrogens is 364 g/mol. The number of anilines is 1. The summed E-state index contributed by atoms with van der Waals surface area (Å²) in [5.41, 5.74) is 0.976. The summed E-state index contributed by atoms with van der Waals surface area (Å²) in [6.07, 6.45) is 3.18. The highest BCUT2D eigenvalue weighted by atomic mass is 16.3. The second kappa shape index (κ2) is 7.73. The number of benzene rings is 2. The van der Waals surface area contributed by atoms with Gasteiger partial charge in [0.2, 0.25) is 0 Å². The van der Waals surface area contributed by atoms with Gasteiger partial charge in [-0.05, 0) is 32.8 Å². The quantitative estimate of drug-likeness (QED) is 0.790. The molecule has 0 saturated carbocycles. The van der Waals surface area contributed by atoms with Gasteiger partial charge in [0.1, 0.15) is 0 Å². The third-order valence-corrected chi connectivity index (χ3v) is 6.29. The number of aliphatic hydroxyl groups is 1. The van der Waals surface area contributed by atoms with Crippen molar-refractivity contribution in [1.82, 2.24) is 4.90 Å². The maximum Gasteiger partial charge on any atom is 0.265 e. The molecule has 0 radical (unpaired) electrons. The van der Waals surface area contributed by atoms with Crippen LogP contribution in [0.1, 0.15) is 54.1 Å². The highest BCUT2D eigenvalue weighted by Gasteiger charge is 2.51. The van der Waals surface area contributed by atoms with E-state index in [2.05, 4.69) is 11.8 Å². The summed E-state index contributed by atoms with van der Waals surface area (Å²) in [4.78, 5) is 30.2. The minimum absolute atomic E-state index is 0.233. The average molecular weight is 392 g/mol. The Bertz CT molecular complexity index is 924. The molecule has 2 aromatic carbocycles. The summed E-state index contributed by atoms with van der Waals surface area (Å²) < 4.78 is 0. The monoisotopic (exact) mass is 392 g/mol. The molecule has 2 aliphatic rings. The lowest BCUT2D eigenvalue weighted by Crippen LogP contribution is -2.49. The number of nitrogens with zero attached hydrogens (tertiary/aromatic N) is 2. The minimum Gasteiger partial charge on any atom is -0.375 e. The minimum atomic E-state index is -1.82. The number of hydrogen-bond acceptors (Lipinski definition) is 4. The van der Waals surface area contributed by atoms with E-state index < -0.39 is 11.5 Å². The fourth-order valence-electron chi connectivity index (χ4n) is 4.44. The molecule has 1 amide bonds. The van der Waals surface area contributed by atoms with Gasteiger partial charge in [-0.3, -0.25) is 19.4 Å². The number of aryl methyl sites for hydroxylation is 1. The van der Waals surface area contributed by atoms with Crippen LogP contribution in [0, 0.1) is 6.92 Å². The number of piperidine rings is 1. The number of Topliss-reactive ketones (excluding diaryl/α,β-unsaturated/α-hetero) is 1. The van der Waals surface area contributed by atoms with E-state index in [0.717, 1.165) is 24.9 Å². The van der Waals surface area contributed by atoms with Crippen molar-refractivity contribution >= 4 is 17.4 Å². The Morgan fingerprint density at radius 3 is 2.59 bits per heavy atom. The summed E-state index contributed by atoms with van der Waals surface area (Å²) in [6, 6.07) is 14.9. The van der Waals surface area contributed by atoms with Crippen molar-refractivity contribution in [3.8, 4) is 0 Å². The van der Waals surface area contributed by atoms with Crippen LogP contribution in [0.25, 0.3) is 0 Å². The van der Waals surface area contributed by atoms with Crippen LogP contribution in [-0.2, 0) is 10.4 Å². The smallest absolute Gasteiger partial charge is 0.265 e. The third-order valence-electron chi connectivity index (χ3n) is 6.29. The highest BCUT2D eigenvalue weighted by molar-refractivity contribution is 6.10. The first-order valence-electron chi connectivity index (χ1n) is 10.4. The normalized spacial score (nSPS) is 24.6. The molecule has 5 nitrogen and oxygen atoms in total. The van der Waals surface area contributed by atoms with Crippen LogP contribution >= 0.6 is 0 Å². The van der Waals surface area contributed by atoms with E-state index in [1.165, 1.54) is 6.42 Å². The number of rotatable bonds is 5. The molecule has 2 aliphatic heterocycles. The predicted octanol–water partition coefficient (Wildman–Crippen LogP) is 3.63. The topological polar surface area (TPSA) is 60.9 Å². The second-order valence-corrected chi connectivity index (χ2v) is 8.38. The number of likely N-dealkylation sites (tertiary alicyclic amines) is 1. The molecule has 1 saturated heterocycles. The Kier molecular flexibility index (Phi) is 5.28. The maximum atomic E-state index is 13.4. The van der Waals surface area contributed by atoms with E-state index in [1.807, 2.05) is 31.2 Å². The van der Waals surface area contributed by atoms with Crippen LogP contribution < -0.4 is 4.90 Å². The Morgan fingerprint density at radius 2 is 1.86 bits per heavy atom. The molecule has 29 heavy (non-hydrogen) atoms. The van der Waals surface area contributed by atoms with Crippen molar-refractivity contribution in [3.63, 3.8) is 0 Å². The molecule has 2 aromatic rings. The van der Waals surface area contributed by atoms with Gasteiger partial charge in [0.05, 0.1) is 18.8 Å². The maximum absolute atomic E-state index is 13.4. The largest absolute Gasteiger partial charge is 0.375 e. The van der Waals surface area contributed by atoms with E-state index in [4.69, 9.17) is 0 Å². The molecule has 4 rings (SSSR count). The fraction of sp³-hybridized carbons (Fsp3) is 0.417. The number of para-hydroxylation sites is 1. The molecule has 0 aromatic heterocycles. The number of ketones is 1. The third kappa shape index (κ3) is 3.61. The summed E-state index contributed by atoms with van der Waals surface area (Å²) >= 11 is 0. The van der Waals surface area contributed by atoms with Gasteiger partial charge in [0.15, 0.2) is 11.4 Å². The number of carbonyl (C=O) groups excluding carboxylic acids is 2. The second-order valence-electron chi connectivity index (χ2n) is 8.38. The molecule has 1 fully saturated rings. The van der Waals surface area contributed by atoms with E-state index >= 15 is 0 Å². The fourth-order valence-corrected chi connectivity index (χ4v) is 4.44. The summed E-state index contributed by atoms with van der Waals surface area (Å²) in [6.45, 7) is 5.52. The van der Waals surface area contributed by atoms with Crippen LogP contribution in [0.3, 0.4) is 0 Å². The lowest BCUT2D eigenvalue weighted by Gasteiger charge is -2.36. The molecule has 2 heterocycles. The summed E-state index contributed by atoms with van der Waals surface area (Å²) in [5.74, 6) is -0.638. The molecular formula is C24H28N2O3. The van der Waals surface area contributed by atoms with E-state index in [9.17, 15) is 14.7 Å². The van der Waals surface area contributed by atoms with E-state index in [1.54, 1.807) is 29.2 Å². The van der Waals surface area contributed by atoms with E-state index in [0.29, 0.717) is 29.5 Å². The molecule has 5 heteroatoms. The summed E-state index contributed by atoms with van der Waals surface area (Å²) in [5, 5.41) is 11.4. The van der Waals surface area contributed by atoms with Gasteiger partial charge in [-0.15, -0.1) is 0 Å². The highest BCUT2D eigenvalue weighted by Crippen LogP contribution is 2.43. The lowest BCUT2D eigenvalue weighted by atomic mass is 9.88. The molecule has 1 N–H and O–H groups in total. The van der Waals surface area contributed by atoms with Gasteiger partial charge in [0, 0.05) is 23.7 Å². The van der Waals surface area contributed by atoms with Crippen LogP contribution in [-0.4, -0.2) is 41.0 Å². The van der Waals surface area contributed by atoms with Gasteiger partial charge >= 0.3 is 0 Å². The molecule has 152 valence electrons. The summed E-state index contributed by atoms with van der Waals surface area (Å²) in [7, 11) is 0. The van der Waals surface area contributed by atoms with Crippen molar-refractivity contribution in [2.24, 2.45) is 0 Å². The predicted molar refractivity (Wildman–Crippen MR) is 113 cm³/mol. The van der Waals surface area contributed by atoms with Crippen molar-refractivity contribution in [2.75, 3.05) is 18.1 Å². The van der Waals surface area contributed by atoms with Gasteiger partial charge in [0.25, 0.3) is 5.91 Å². The SMILES string of the molecule is Cc1ccc(C(=O)CC2(O)C(=O)N(CN3CCCCC3C)c3ccccc32)cc1. The first kappa shape index (κ1) is 19.8. The molecule has 2 unspecified atom stereocenters. The molecule has 0 spiro atoms. The Hall–Kier alpha value is -2.50. The average Bonchev–Trinajstić information content (AvgIpc) is 2.92. The zero-order chi connectivity index (χ0) is 20.6. The van der Waals surface area contributed by atoms with Crippen molar-refractivity contribution < 1.29 is 14.7 Å². The first-order valence-corrected chi connectivity index (χ1v) is 10.4. The molecule has 0 bridgehead atoms. The van der Waals surface area contributed by atoms with Crippen LogP contribution in [0.2, 0.25) is 0 Å². The standard InChI is InChI=1S/C24H28N2O3/c1-17-10-12-19(13-11-17)22(27)15-24(29)20-8-3-4-9-21(20)26(23(24)28)16-25-14-6-5-7-18(25)2/h3-4,8-13,18,29H,5-7,14-16H2,1-2H3. The first-order chi connectivity index (χ1) is 13.9. The number of carbonyl (C=O) groups is 2. The zero-order valence-electron chi connectivity index (χ0n) is 17.1. The Labute approximate surface area is 171 Å². The van der Waals surface area contributed by atoms with Crippen LogP contribution in [0.4, 0.5) is 5.69 Å². The molecule has 0 aliphatic carbocycles. The van der Waals surface area contributed by atoms with Crippen molar-refractivity contribution in [2.45, 2.75) is 51.2 Å². The Balaban J connectivity index is 1.62. The Morgan fingerprint density at radius 1 is 1.14 bits per heavy atom.